The van der Waals surface area contributed by atoms with Gasteiger partial charge in [-0.2, -0.15) is 0 Å². The Morgan fingerprint density at radius 2 is 2.36 bits per heavy atom. The standard InChI is InChI=1S/C15H21N5OS/c1-2-21-15-19-18-14(22-15)11-20-8-6-12(10-20)9-17-13-5-3-4-7-16-13/h3-5,7,12H,2,6,8-11H2,1H3,(H,16,17). The first-order valence-electron chi connectivity index (χ1n) is 7.66. The molecule has 2 aromatic heterocycles. The molecule has 0 amide bonds. The molecule has 1 atom stereocenters. The Labute approximate surface area is 134 Å². The van der Waals surface area contributed by atoms with E-state index in [0.717, 1.165) is 37.0 Å². The van der Waals surface area contributed by atoms with Gasteiger partial charge in [0, 0.05) is 19.3 Å². The zero-order valence-electron chi connectivity index (χ0n) is 12.7. The van der Waals surface area contributed by atoms with Gasteiger partial charge in [0.05, 0.1) is 13.2 Å². The highest BCUT2D eigenvalue weighted by atomic mass is 32.1. The number of likely N-dealkylation sites (tertiary alicyclic amines) is 1. The van der Waals surface area contributed by atoms with Crippen LogP contribution in [0.2, 0.25) is 0 Å². The molecule has 0 aliphatic carbocycles. The number of aromatic nitrogens is 3. The summed E-state index contributed by atoms with van der Waals surface area (Å²) in [7, 11) is 0. The topological polar surface area (TPSA) is 63.2 Å². The number of nitrogens with one attached hydrogen (secondary N) is 1. The molecular formula is C15H21N5OS. The third-order valence-corrected chi connectivity index (χ3v) is 4.50. The zero-order chi connectivity index (χ0) is 15.2. The van der Waals surface area contributed by atoms with Crippen LogP contribution in [0.5, 0.6) is 5.19 Å². The van der Waals surface area contributed by atoms with Gasteiger partial charge in [0.1, 0.15) is 10.8 Å². The fourth-order valence-electron chi connectivity index (χ4n) is 2.61. The second kappa shape index (κ2) is 7.51. The SMILES string of the molecule is CCOc1nnc(CN2CCC(CNc3ccccn3)C2)s1. The lowest BCUT2D eigenvalue weighted by Gasteiger charge is -2.14. The van der Waals surface area contributed by atoms with Gasteiger partial charge in [-0.15, -0.1) is 10.2 Å². The van der Waals surface area contributed by atoms with Gasteiger partial charge in [-0.3, -0.25) is 4.90 Å². The molecule has 0 radical (unpaired) electrons. The van der Waals surface area contributed by atoms with E-state index < -0.39 is 0 Å². The monoisotopic (exact) mass is 319 g/mol. The molecule has 1 N–H and O–H groups in total. The van der Waals surface area contributed by atoms with Gasteiger partial charge in [0.15, 0.2) is 0 Å². The van der Waals surface area contributed by atoms with E-state index in [2.05, 4.69) is 25.4 Å². The summed E-state index contributed by atoms with van der Waals surface area (Å²) < 4.78 is 5.37. The average Bonchev–Trinajstić information content (AvgIpc) is 3.17. The Morgan fingerprint density at radius 1 is 1.41 bits per heavy atom. The van der Waals surface area contributed by atoms with Crippen molar-refractivity contribution >= 4 is 17.2 Å². The maximum atomic E-state index is 5.37. The lowest BCUT2D eigenvalue weighted by Crippen LogP contribution is -2.22. The molecule has 1 aliphatic rings. The lowest BCUT2D eigenvalue weighted by atomic mass is 10.1. The molecular weight excluding hydrogens is 298 g/mol. The number of pyridine rings is 1. The molecule has 1 unspecified atom stereocenters. The maximum Gasteiger partial charge on any atom is 0.294 e. The zero-order valence-corrected chi connectivity index (χ0v) is 13.6. The Hall–Kier alpha value is -1.73. The number of ether oxygens (including phenoxy) is 1. The Morgan fingerprint density at radius 3 is 3.18 bits per heavy atom. The number of nitrogens with zero attached hydrogens (tertiary/aromatic N) is 4. The van der Waals surface area contributed by atoms with Crippen LogP contribution in [-0.2, 0) is 6.54 Å². The summed E-state index contributed by atoms with van der Waals surface area (Å²) in [5, 5.41) is 13.3. The van der Waals surface area contributed by atoms with Gasteiger partial charge in [-0.25, -0.2) is 4.98 Å². The van der Waals surface area contributed by atoms with Crippen LogP contribution in [0.15, 0.2) is 24.4 Å². The highest BCUT2D eigenvalue weighted by Crippen LogP contribution is 2.23. The Bertz CT molecular complexity index is 576. The van der Waals surface area contributed by atoms with Crippen molar-refractivity contribution in [1.29, 1.82) is 0 Å². The molecule has 2 aromatic rings. The predicted octanol–water partition coefficient (Wildman–Crippen LogP) is 2.27. The van der Waals surface area contributed by atoms with E-state index in [9.17, 15) is 0 Å². The van der Waals surface area contributed by atoms with Gasteiger partial charge >= 0.3 is 0 Å². The molecule has 0 spiro atoms. The molecule has 0 bridgehead atoms. The van der Waals surface area contributed by atoms with Crippen LogP contribution in [0.25, 0.3) is 0 Å². The summed E-state index contributed by atoms with van der Waals surface area (Å²) in [5.74, 6) is 1.60. The summed E-state index contributed by atoms with van der Waals surface area (Å²) in [4.78, 5) is 6.72. The third-order valence-electron chi connectivity index (χ3n) is 3.68. The largest absolute Gasteiger partial charge is 0.469 e. The molecule has 1 fully saturated rings. The van der Waals surface area contributed by atoms with Crippen LogP contribution in [-0.4, -0.2) is 46.3 Å². The van der Waals surface area contributed by atoms with E-state index >= 15 is 0 Å². The number of rotatable bonds is 7. The first kappa shape index (κ1) is 15.2. The fourth-order valence-corrected chi connectivity index (χ4v) is 3.40. The van der Waals surface area contributed by atoms with E-state index in [1.807, 2.05) is 31.3 Å². The molecule has 3 heterocycles. The van der Waals surface area contributed by atoms with Gasteiger partial charge in [-0.05, 0) is 37.9 Å². The van der Waals surface area contributed by atoms with E-state index in [1.54, 1.807) is 11.3 Å². The molecule has 0 aromatic carbocycles. The first-order chi connectivity index (χ1) is 10.8. The van der Waals surface area contributed by atoms with Crippen LogP contribution >= 0.6 is 11.3 Å². The molecule has 22 heavy (non-hydrogen) atoms. The number of anilines is 1. The van der Waals surface area contributed by atoms with E-state index in [-0.39, 0.29) is 0 Å². The average molecular weight is 319 g/mol. The molecule has 118 valence electrons. The van der Waals surface area contributed by atoms with Crippen molar-refractivity contribution < 1.29 is 4.74 Å². The van der Waals surface area contributed by atoms with Crippen molar-refractivity contribution in [1.82, 2.24) is 20.1 Å². The quantitative estimate of drug-likeness (QED) is 0.844. The number of hydrogen-bond acceptors (Lipinski definition) is 7. The van der Waals surface area contributed by atoms with Crippen molar-refractivity contribution in [2.45, 2.75) is 19.9 Å². The van der Waals surface area contributed by atoms with Crippen molar-refractivity contribution in [2.75, 3.05) is 31.6 Å². The van der Waals surface area contributed by atoms with Gasteiger partial charge in [0.2, 0.25) is 0 Å². The highest BCUT2D eigenvalue weighted by molar-refractivity contribution is 7.13. The summed E-state index contributed by atoms with van der Waals surface area (Å²) in [6, 6.07) is 5.94. The van der Waals surface area contributed by atoms with Crippen molar-refractivity contribution in [3.05, 3.63) is 29.4 Å². The van der Waals surface area contributed by atoms with Crippen molar-refractivity contribution in [3.63, 3.8) is 0 Å². The fraction of sp³-hybridized carbons (Fsp3) is 0.533. The van der Waals surface area contributed by atoms with Gasteiger partial charge in [0.25, 0.3) is 5.19 Å². The van der Waals surface area contributed by atoms with Gasteiger partial charge < -0.3 is 10.1 Å². The summed E-state index contributed by atoms with van der Waals surface area (Å²) in [5.41, 5.74) is 0. The second-order valence-corrected chi connectivity index (χ2v) is 6.41. The normalized spacial score (nSPS) is 18.5. The van der Waals surface area contributed by atoms with Crippen molar-refractivity contribution in [2.24, 2.45) is 5.92 Å². The van der Waals surface area contributed by atoms with Crippen LogP contribution in [0, 0.1) is 5.92 Å². The molecule has 3 rings (SSSR count). The van der Waals surface area contributed by atoms with Crippen LogP contribution < -0.4 is 10.1 Å². The molecule has 7 heteroatoms. The lowest BCUT2D eigenvalue weighted by molar-refractivity contribution is 0.317. The van der Waals surface area contributed by atoms with Crippen molar-refractivity contribution in [3.8, 4) is 5.19 Å². The first-order valence-corrected chi connectivity index (χ1v) is 8.47. The number of hydrogen-bond donors (Lipinski definition) is 1. The van der Waals surface area contributed by atoms with E-state index in [4.69, 9.17) is 4.74 Å². The van der Waals surface area contributed by atoms with Crippen LogP contribution in [0.4, 0.5) is 5.82 Å². The minimum Gasteiger partial charge on any atom is -0.469 e. The Balaban J connectivity index is 1.43. The maximum absolute atomic E-state index is 5.37. The minimum absolute atomic E-state index is 0.639. The Kier molecular flexibility index (Phi) is 5.18. The van der Waals surface area contributed by atoms with Gasteiger partial charge in [-0.1, -0.05) is 17.4 Å². The summed E-state index contributed by atoms with van der Waals surface area (Å²) in [6.07, 6.45) is 3.02. The summed E-state index contributed by atoms with van der Waals surface area (Å²) >= 11 is 1.54. The minimum atomic E-state index is 0.639. The molecule has 1 aliphatic heterocycles. The predicted molar refractivity (Wildman–Crippen MR) is 87.2 cm³/mol. The molecule has 1 saturated heterocycles. The second-order valence-electron chi connectivity index (χ2n) is 5.38. The van der Waals surface area contributed by atoms with Crippen LogP contribution in [0.1, 0.15) is 18.4 Å². The van der Waals surface area contributed by atoms with E-state index in [0.29, 0.717) is 17.7 Å². The van der Waals surface area contributed by atoms with E-state index in [1.165, 1.54) is 6.42 Å². The summed E-state index contributed by atoms with van der Waals surface area (Å²) in [6.45, 7) is 6.63. The smallest absolute Gasteiger partial charge is 0.294 e. The third kappa shape index (κ3) is 4.14. The van der Waals surface area contributed by atoms with Crippen LogP contribution in [0.3, 0.4) is 0 Å². The highest BCUT2D eigenvalue weighted by Gasteiger charge is 2.23. The molecule has 0 saturated carbocycles. The molecule has 6 nitrogen and oxygen atoms in total.